The first kappa shape index (κ1) is 12.4. The highest BCUT2D eigenvalue weighted by Crippen LogP contribution is 2.19. The largest absolute Gasteiger partial charge is 0.322 e. The van der Waals surface area contributed by atoms with Crippen LogP contribution in [-0.2, 0) is 0 Å². The van der Waals surface area contributed by atoms with Crippen molar-refractivity contribution in [2.45, 2.75) is 13.8 Å². The summed E-state index contributed by atoms with van der Waals surface area (Å²) in [5.74, 6) is -0.143. The van der Waals surface area contributed by atoms with Crippen molar-refractivity contribution in [1.29, 1.82) is 0 Å². The Labute approximate surface area is 117 Å². The summed E-state index contributed by atoms with van der Waals surface area (Å²) in [6.45, 7) is 4.03. The third-order valence-corrected chi connectivity index (χ3v) is 3.52. The Morgan fingerprint density at radius 1 is 1.15 bits per heavy atom. The van der Waals surface area contributed by atoms with E-state index in [1.54, 1.807) is 12.3 Å². The van der Waals surface area contributed by atoms with Crippen molar-refractivity contribution in [3.63, 3.8) is 0 Å². The summed E-state index contributed by atoms with van der Waals surface area (Å²) < 4.78 is 1.83. The molecule has 0 radical (unpaired) electrons. The number of hydrogen-bond donors (Lipinski definition) is 1. The topological polar surface area (TPSA) is 46.4 Å². The predicted molar refractivity (Wildman–Crippen MR) is 79.1 cm³/mol. The van der Waals surface area contributed by atoms with E-state index in [0.29, 0.717) is 11.2 Å². The zero-order valence-corrected chi connectivity index (χ0v) is 11.4. The van der Waals surface area contributed by atoms with Crippen LogP contribution in [0.3, 0.4) is 0 Å². The van der Waals surface area contributed by atoms with Gasteiger partial charge in [0.1, 0.15) is 5.65 Å². The molecule has 3 aromatic rings. The molecule has 1 N–H and O–H groups in total. The molecule has 0 aliphatic heterocycles. The van der Waals surface area contributed by atoms with E-state index in [0.717, 1.165) is 16.8 Å². The van der Waals surface area contributed by atoms with E-state index in [2.05, 4.69) is 10.3 Å². The zero-order chi connectivity index (χ0) is 14.1. The Balaban J connectivity index is 1.97. The summed E-state index contributed by atoms with van der Waals surface area (Å²) in [4.78, 5) is 16.6. The van der Waals surface area contributed by atoms with E-state index < -0.39 is 0 Å². The fourth-order valence-electron chi connectivity index (χ4n) is 2.20. The average Bonchev–Trinajstić information content (AvgIpc) is 2.92. The van der Waals surface area contributed by atoms with Gasteiger partial charge in [0.15, 0.2) is 0 Å². The van der Waals surface area contributed by atoms with Gasteiger partial charge >= 0.3 is 0 Å². The first-order chi connectivity index (χ1) is 9.66. The number of amides is 1. The fourth-order valence-corrected chi connectivity index (χ4v) is 2.20. The Morgan fingerprint density at radius 3 is 2.85 bits per heavy atom. The minimum absolute atomic E-state index is 0.143. The van der Waals surface area contributed by atoms with Crippen molar-refractivity contribution in [3.8, 4) is 0 Å². The minimum Gasteiger partial charge on any atom is -0.322 e. The molecule has 0 saturated carbocycles. The molecule has 0 spiro atoms. The number of aromatic nitrogens is 2. The number of carbonyl (C=O) groups excluding carboxylic acids is 1. The molecule has 20 heavy (non-hydrogen) atoms. The number of benzene rings is 1. The van der Waals surface area contributed by atoms with Gasteiger partial charge in [0.05, 0.1) is 5.56 Å². The molecule has 0 aliphatic carbocycles. The van der Waals surface area contributed by atoms with Gasteiger partial charge in [-0.05, 0) is 43.2 Å². The van der Waals surface area contributed by atoms with Crippen LogP contribution in [0.2, 0.25) is 0 Å². The van der Waals surface area contributed by atoms with Crippen LogP contribution in [0.25, 0.3) is 5.65 Å². The number of hydrogen-bond acceptors (Lipinski definition) is 2. The van der Waals surface area contributed by atoms with Gasteiger partial charge in [-0.15, -0.1) is 0 Å². The van der Waals surface area contributed by atoms with Gasteiger partial charge in [0, 0.05) is 24.3 Å². The van der Waals surface area contributed by atoms with Crippen molar-refractivity contribution >= 4 is 17.2 Å². The number of carbonyl (C=O) groups is 1. The molecule has 100 valence electrons. The van der Waals surface area contributed by atoms with E-state index in [4.69, 9.17) is 0 Å². The maximum Gasteiger partial charge on any atom is 0.259 e. The van der Waals surface area contributed by atoms with Gasteiger partial charge in [-0.2, -0.15) is 0 Å². The quantitative estimate of drug-likeness (QED) is 0.773. The molecule has 0 atom stereocenters. The van der Waals surface area contributed by atoms with E-state index in [1.807, 2.05) is 54.9 Å². The summed E-state index contributed by atoms with van der Waals surface area (Å²) >= 11 is 0. The van der Waals surface area contributed by atoms with Crippen LogP contribution >= 0.6 is 0 Å². The van der Waals surface area contributed by atoms with Crippen molar-refractivity contribution in [1.82, 2.24) is 9.38 Å². The monoisotopic (exact) mass is 265 g/mol. The summed E-state index contributed by atoms with van der Waals surface area (Å²) in [5.41, 5.74) is 4.30. The maximum atomic E-state index is 12.4. The molecule has 2 heterocycles. The van der Waals surface area contributed by atoms with Crippen LogP contribution in [-0.4, -0.2) is 15.3 Å². The van der Waals surface area contributed by atoms with Crippen LogP contribution in [0.5, 0.6) is 0 Å². The van der Waals surface area contributed by atoms with Gasteiger partial charge in [0.25, 0.3) is 5.91 Å². The number of nitrogens with zero attached hydrogens (tertiary/aromatic N) is 2. The summed E-state index contributed by atoms with van der Waals surface area (Å²) in [5, 5.41) is 2.96. The molecule has 4 heteroatoms. The second kappa shape index (κ2) is 4.81. The first-order valence-electron chi connectivity index (χ1n) is 6.46. The molecule has 1 amide bonds. The lowest BCUT2D eigenvalue weighted by atomic mass is 10.1. The standard InChI is InChI=1S/C16H15N3O/c1-11-5-3-7-14(12(11)2)18-16(20)13-6-4-9-19-10-8-17-15(13)19/h3-10H,1-2H3,(H,18,20). The third-order valence-electron chi connectivity index (χ3n) is 3.52. The summed E-state index contributed by atoms with van der Waals surface area (Å²) in [6.07, 6.45) is 5.38. The highest BCUT2D eigenvalue weighted by Gasteiger charge is 2.12. The van der Waals surface area contributed by atoms with Crippen molar-refractivity contribution in [2.24, 2.45) is 0 Å². The van der Waals surface area contributed by atoms with Gasteiger partial charge in [-0.1, -0.05) is 12.1 Å². The molecular weight excluding hydrogens is 250 g/mol. The van der Waals surface area contributed by atoms with Crippen molar-refractivity contribution < 1.29 is 4.79 Å². The van der Waals surface area contributed by atoms with Gasteiger partial charge in [-0.3, -0.25) is 4.79 Å². The first-order valence-corrected chi connectivity index (χ1v) is 6.46. The highest BCUT2D eigenvalue weighted by molar-refractivity contribution is 6.08. The fraction of sp³-hybridized carbons (Fsp3) is 0.125. The van der Waals surface area contributed by atoms with E-state index in [9.17, 15) is 4.79 Å². The molecule has 2 aromatic heterocycles. The zero-order valence-electron chi connectivity index (χ0n) is 11.4. The molecule has 4 nitrogen and oxygen atoms in total. The van der Waals surface area contributed by atoms with Crippen molar-refractivity contribution in [2.75, 3.05) is 5.32 Å². The van der Waals surface area contributed by atoms with Crippen LogP contribution in [0.15, 0.2) is 48.9 Å². The van der Waals surface area contributed by atoms with Crippen LogP contribution in [0, 0.1) is 13.8 Å². The lowest BCUT2D eigenvalue weighted by molar-refractivity contribution is 0.102. The number of pyridine rings is 1. The number of nitrogens with one attached hydrogen (secondary N) is 1. The van der Waals surface area contributed by atoms with E-state index in [1.165, 1.54) is 0 Å². The number of rotatable bonds is 2. The van der Waals surface area contributed by atoms with Gasteiger partial charge in [0.2, 0.25) is 0 Å². The molecule has 0 aliphatic rings. The molecule has 0 bridgehead atoms. The van der Waals surface area contributed by atoms with Crippen LogP contribution in [0.4, 0.5) is 5.69 Å². The highest BCUT2D eigenvalue weighted by atomic mass is 16.1. The Bertz CT molecular complexity index is 789. The van der Waals surface area contributed by atoms with Gasteiger partial charge in [-0.25, -0.2) is 4.98 Å². The summed E-state index contributed by atoms with van der Waals surface area (Å²) in [7, 11) is 0. The third kappa shape index (κ3) is 2.05. The number of aryl methyl sites for hydroxylation is 1. The predicted octanol–water partition coefficient (Wildman–Crippen LogP) is 3.20. The lowest BCUT2D eigenvalue weighted by Gasteiger charge is -2.10. The Hall–Kier alpha value is -2.62. The number of anilines is 1. The molecule has 0 fully saturated rings. The summed E-state index contributed by atoms with van der Waals surface area (Å²) in [6, 6.07) is 9.50. The molecule has 0 unspecified atom stereocenters. The smallest absolute Gasteiger partial charge is 0.259 e. The molecular formula is C16H15N3O. The van der Waals surface area contributed by atoms with Crippen LogP contribution in [0.1, 0.15) is 21.5 Å². The Kier molecular flexibility index (Phi) is 2.99. The van der Waals surface area contributed by atoms with E-state index >= 15 is 0 Å². The molecule has 0 saturated heterocycles. The minimum atomic E-state index is -0.143. The SMILES string of the molecule is Cc1cccc(NC(=O)c2cccn3ccnc23)c1C. The van der Waals surface area contributed by atoms with E-state index in [-0.39, 0.29) is 5.91 Å². The average molecular weight is 265 g/mol. The van der Waals surface area contributed by atoms with Gasteiger partial charge < -0.3 is 9.72 Å². The number of fused-ring (bicyclic) bond motifs is 1. The second-order valence-electron chi connectivity index (χ2n) is 4.78. The molecule has 3 rings (SSSR count). The Morgan fingerprint density at radius 2 is 2.00 bits per heavy atom. The second-order valence-corrected chi connectivity index (χ2v) is 4.78. The van der Waals surface area contributed by atoms with Crippen LogP contribution < -0.4 is 5.32 Å². The lowest BCUT2D eigenvalue weighted by Crippen LogP contribution is -2.14. The van der Waals surface area contributed by atoms with Crippen molar-refractivity contribution in [3.05, 3.63) is 65.6 Å². The normalized spacial score (nSPS) is 10.7. The molecule has 1 aromatic carbocycles. The number of imidazole rings is 1. The maximum absolute atomic E-state index is 12.4.